The molecule has 0 saturated heterocycles. The Morgan fingerprint density at radius 3 is 1.34 bits per heavy atom. The lowest BCUT2D eigenvalue weighted by Gasteiger charge is -2.33. The maximum Gasteiger partial charge on any atom is 0.0887 e. The van der Waals surface area contributed by atoms with Gasteiger partial charge in [-0.25, -0.2) is 0 Å². The van der Waals surface area contributed by atoms with Gasteiger partial charge in [0.15, 0.2) is 0 Å². The van der Waals surface area contributed by atoms with Crippen molar-refractivity contribution in [1.82, 2.24) is 0 Å². The van der Waals surface area contributed by atoms with E-state index in [9.17, 15) is 0 Å². The second-order valence-corrected chi connectivity index (χ2v) is 28.6. The second kappa shape index (κ2) is 20.1. The van der Waals surface area contributed by atoms with Crippen LogP contribution in [0.3, 0.4) is 0 Å². The highest BCUT2D eigenvalue weighted by Crippen LogP contribution is 2.53. The van der Waals surface area contributed by atoms with Crippen molar-refractivity contribution in [2.45, 2.75) is 131 Å². The van der Waals surface area contributed by atoms with Crippen LogP contribution in [0.1, 0.15) is 132 Å². The van der Waals surface area contributed by atoms with Crippen molar-refractivity contribution in [3.05, 3.63) is 226 Å². The smallest absolute Gasteiger partial charge is 0.0887 e. The quantitative estimate of drug-likeness (QED) is 0.140. The molecule has 0 amide bonds. The molecule has 1 heterocycles. The summed E-state index contributed by atoms with van der Waals surface area (Å²) in [7, 11) is 0. The first-order valence-electron chi connectivity index (χ1n) is 28.5. The number of benzene rings is 10. The fraction of sp³-hybridized carbons (Fsp3) is 0.263. The summed E-state index contributed by atoms with van der Waals surface area (Å²) in [4.78, 5) is 4.87. The van der Waals surface area contributed by atoms with Crippen LogP contribution in [0.2, 0.25) is 5.02 Å². The molecule has 2 nitrogen and oxygen atoms in total. The third-order valence-electron chi connectivity index (χ3n) is 16.4. The molecule has 0 N–H and O–H groups in total. The summed E-state index contributed by atoms with van der Waals surface area (Å²) in [5, 5.41) is 11.7. The summed E-state index contributed by atoms with van der Waals surface area (Å²) in [6, 6.07) is 70.9. The van der Waals surface area contributed by atoms with Crippen LogP contribution < -0.4 is 9.80 Å². The van der Waals surface area contributed by atoms with Crippen LogP contribution in [-0.4, -0.2) is 0 Å². The monoisotopic (exact) mass is 1080 g/mol. The third-order valence-corrected chi connectivity index (χ3v) is 17.7. The van der Waals surface area contributed by atoms with Crippen molar-refractivity contribution >= 4 is 99.5 Å². The molecule has 0 unspecified atom stereocenters. The molecule has 0 spiro atoms. The molecule has 1 aromatic heterocycles. The normalized spacial score (nSPS) is 12.8. The van der Waals surface area contributed by atoms with Gasteiger partial charge < -0.3 is 9.80 Å². The molecule has 0 aliphatic heterocycles. The van der Waals surface area contributed by atoms with Crippen molar-refractivity contribution in [3.63, 3.8) is 0 Å². The molecule has 11 rings (SSSR count). The van der Waals surface area contributed by atoms with Gasteiger partial charge in [0, 0.05) is 32.3 Å². The molecule has 0 aliphatic rings. The van der Waals surface area contributed by atoms with Gasteiger partial charge in [-0.05, 0) is 159 Å². The molecule has 10 aromatic carbocycles. The van der Waals surface area contributed by atoms with E-state index >= 15 is 0 Å². The number of rotatable bonds is 8. The molecule has 404 valence electrons. The van der Waals surface area contributed by atoms with Gasteiger partial charge in [0.1, 0.15) is 0 Å². The predicted octanol–water partition coefficient (Wildman–Crippen LogP) is 23.8. The van der Waals surface area contributed by atoms with E-state index in [1.165, 1.54) is 75.8 Å². The maximum atomic E-state index is 8.41. The van der Waals surface area contributed by atoms with E-state index in [1.54, 1.807) is 11.3 Å². The van der Waals surface area contributed by atoms with Crippen LogP contribution in [0.4, 0.5) is 34.1 Å². The van der Waals surface area contributed by atoms with E-state index < -0.39 is 0 Å². The first kappa shape index (κ1) is 54.8. The Morgan fingerprint density at radius 1 is 0.300 bits per heavy atom. The SMILES string of the molecule is CC(C)(C)c1ccc(N(c2ccccc2-c2cc(C(C)(C)C)cc(C(C)(C)C)c2)c2cccc(N(c3ccc(C(C)(C)C)cc3-c3ccc4c5ccccc5c5ccccc5c4c3)c3csc4ccc(C(C)(C)C)cc34)c2Cl)cc1. The summed E-state index contributed by atoms with van der Waals surface area (Å²) in [5.41, 5.74) is 16.7. The minimum absolute atomic E-state index is 0.0293. The van der Waals surface area contributed by atoms with E-state index in [2.05, 4.69) is 307 Å². The highest BCUT2D eigenvalue weighted by atomic mass is 35.5. The summed E-state index contributed by atoms with van der Waals surface area (Å²) in [5.74, 6) is 0. The molecule has 4 heteroatoms. The fourth-order valence-corrected chi connectivity index (χ4v) is 12.7. The average Bonchev–Trinajstić information content (AvgIpc) is 3.84. The summed E-state index contributed by atoms with van der Waals surface area (Å²) >= 11 is 10.2. The fourth-order valence-electron chi connectivity index (χ4n) is 11.5. The number of anilines is 6. The lowest BCUT2D eigenvalue weighted by molar-refractivity contribution is 0.569. The number of fused-ring (bicyclic) bond motifs is 7. The lowest BCUT2D eigenvalue weighted by Crippen LogP contribution is -2.18. The van der Waals surface area contributed by atoms with Crippen molar-refractivity contribution in [2.75, 3.05) is 9.80 Å². The highest BCUT2D eigenvalue weighted by molar-refractivity contribution is 7.17. The molecular weight excluding hydrogens is 1010 g/mol. The number of hydrogen-bond acceptors (Lipinski definition) is 3. The van der Waals surface area contributed by atoms with E-state index in [1.807, 2.05) is 0 Å². The average molecular weight is 1090 g/mol. The molecule has 80 heavy (non-hydrogen) atoms. The Bertz CT molecular complexity index is 4090. The standard InChI is InChI=1S/C76H77ClN2S/c1-72(2,3)50-32-36-55(37-33-50)78(65-28-21-20-23-56(65)49-41-53(75(10,11)12)44-54(42-49)76(13,14)15)67-29-22-30-68(71(67)77)79(69-47-80-70-40-35-52(46-64(69)70)74(7,8)9)66-39-34-51(73(4,5)6)45-62(66)48-31-38-61-59-26-17-16-24-57(59)58-25-18-19-27-60(58)63(61)43-48/h16-47H,1-15H3. The van der Waals surface area contributed by atoms with Crippen LogP contribution in [0.5, 0.6) is 0 Å². The number of para-hydroxylation sites is 1. The number of halogens is 1. The van der Waals surface area contributed by atoms with Crippen LogP contribution in [-0.2, 0) is 27.1 Å². The molecule has 0 radical (unpaired) electrons. The summed E-state index contributed by atoms with van der Waals surface area (Å²) < 4.78 is 1.23. The van der Waals surface area contributed by atoms with Crippen LogP contribution in [0.15, 0.2) is 193 Å². The van der Waals surface area contributed by atoms with Gasteiger partial charge in [-0.15, -0.1) is 11.3 Å². The first-order chi connectivity index (χ1) is 37.8. The first-order valence-corrected chi connectivity index (χ1v) is 29.8. The van der Waals surface area contributed by atoms with Gasteiger partial charge in [-0.3, -0.25) is 0 Å². The zero-order chi connectivity index (χ0) is 56.8. The summed E-state index contributed by atoms with van der Waals surface area (Å²) in [6.07, 6.45) is 0. The van der Waals surface area contributed by atoms with Crippen LogP contribution in [0.25, 0.3) is 64.7 Å². The molecule has 0 aliphatic carbocycles. The Kier molecular flexibility index (Phi) is 13.8. The van der Waals surface area contributed by atoms with Gasteiger partial charge in [0.2, 0.25) is 0 Å². The van der Waals surface area contributed by atoms with Crippen LogP contribution in [0, 0.1) is 0 Å². The van der Waals surface area contributed by atoms with Gasteiger partial charge in [0.05, 0.1) is 33.5 Å². The molecule has 0 bridgehead atoms. The Labute approximate surface area is 485 Å². The largest absolute Gasteiger partial charge is 0.308 e. The third kappa shape index (κ3) is 10.2. The zero-order valence-corrected chi connectivity index (χ0v) is 51.2. The maximum absolute atomic E-state index is 8.41. The number of thiophene rings is 1. The molecule has 0 saturated carbocycles. The van der Waals surface area contributed by atoms with E-state index in [0.29, 0.717) is 5.02 Å². The zero-order valence-electron chi connectivity index (χ0n) is 49.7. The molecular formula is C76H77ClN2S. The van der Waals surface area contributed by atoms with Crippen molar-refractivity contribution in [3.8, 4) is 22.3 Å². The Hall–Kier alpha value is -7.17. The van der Waals surface area contributed by atoms with E-state index in [0.717, 1.165) is 50.8 Å². The van der Waals surface area contributed by atoms with Gasteiger partial charge >= 0.3 is 0 Å². The van der Waals surface area contributed by atoms with Crippen molar-refractivity contribution in [1.29, 1.82) is 0 Å². The summed E-state index contributed by atoms with van der Waals surface area (Å²) in [6.45, 7) is 34.6. The topological polar surface area (TPSA) is 6.48 Å². The Balaban J connectivity index is 1.21. The Morgan fingerprint density at radius 2 is 0.762 bits per heavy atom. The van der Waals surface area contributed by atoms with Crippen molar-refractivity contribution in [2.24, 2.45) is 0 Å². The van der Waals surface area contributed by atoms with Crippen molar-refractivity contribution < 1.29 is 0 Å². The predicted molar refractivity (Wildman–Crippen MR) is 353 cm³/mol. The van der Waals surface area contributed by atoms with Crippen LogP contribution >= 0.6 is 22.9 Å². The number of nitrogens with zero attached hydrogens (tertiary/aromatic N) is 2. The van der Waals surface area contributed by atoms with E-state index in [4.69, 9.17) is 11.6 Å². The highest BCUT2D eigenvalue weighted by Gasteiger charge is 2.30. The van der Waals surface area contributed by atoms with Gasteiger partial charge in [-0.1, -0.05) is 243 Å². The van der Waals surface area contributed by atoms with Gasteiger partial charge in [0.25, 0.3) is 0 Å². The second-order valence-electron chi connectivity index (χ2n) is 27.3. The molecule has 11 aromatic rings. The number of hydrogen-bond donors (Lipinski definition) is 0. The van der Waals surface area contributed by atoms with E-state index in [-0.39, 0.29) is 27.1 Å². The minimum Gasteiger partial charge on any atom is -0.308 e. The molecule has 0 atom stereocenters. The minimum atomic E-state index is -0.122. The molecule has 0 fully saturated rings. The lowest BCUT2D eigenvalue weighted by atomic mass is 9.78. The van der Waals surface area contributed by atoms with Gasteiger partial charge in [-0.2, -0.15) is 0 Å².